The van der Waals surface area contributed by atoms with Crippen LogP contribution in [-0.2, 0) is 4.79 Å². The number of fused-ring (bicyclic) bond motifs is 4. The maximum atomic E-state index is 13.0. The molecule has 5 aliphatic rings. The van der Waals surface area contributed by atoms with Gasteiger partial charge in [0.1, 0.15) is 0 Å². The van der Waals surface area contributed by atoms with E-state index in [1.54, 1.807) is 0 Å². The predicted molar refractivity (Wildman–Crippen MR) is 144 cm³/mol. The fourth-order valence-corrected chi connectivity index (χ4v) is 8.49. The largest absolute Gasteiger partial charge is 0.393 e. The monoisotopic (exact) mass is 487 g/mol. The number of piperidine rings is 1. The van der Waals surface area contributed by atoms with Gasteiger partial charge in [0.2, 0.25) is 0 Å². The average Bonchev–Trinajstić information content (AvgIpc) is 3.21. The van der Waals surface area contributed by atoms with Crippen LogP contribution in [0.3, 0.4) is 0 Å². The van der Waals surface area contributed by atoms with E-state index in [1.165, 1.54) is 47.2 Å². The molecule has 36 heavy (non-hydrogen) atoms. The maximum Gasteiger partial charge on any atom is 0.156 e. The molecule has 1 heterocycles. The molecular weight excluding hydrogens is 446 g/mol. The number of aliphatic hydroxyl groups excluding tert-OH is 2. The summed E-state index contributed by atoms with van der Waals surface area (Å²) in [5, 5.41) is 20.5. The highest BCUT2D eigenvalue weighted by molar-refractivity contribution is 5.94. The molecule has 3 fully saturated rings. The van der Waals surface area contributed by atoms with E-state index >= 15 is 0 Å². The Morgan fingerprint density at radius 3 is 2.61 bits per heavy atom. The quantitative estimate of drug-likeness (QED) is 0.534. The Hall–Kier alpha value is -2.17. The van der Waals surface area contributed by atoms with Crippen molar-refractivity contribution in [1.29, 1.82) is 0 Å². The number of benzene rings is 1. The van der Waals surface area contributed by atoms with Crippen LogP contribution in [0.4, 0.5) is 5.69 Å². The zero-order valence-electron chi connectivity index (χ0n) is 21.7. The van der Waals surface area contributed by atoms with E-state index in [2.05, 4.69) is 42.2 Å². The van der Waals surface area contributed by atoms with Crippen molar-refractivity contribution in [2.75, 3.05) is 24.6 Å². The number of ketones is 1. The minimum atomic E-state index is -0.223. The highest BCUT2D eigenvalue weighted by atomic mass is 16.3. The number of anilines is 1. The van der Waals surface area contributed by atoms with Crippen LogP contribution in [0.25, 0.3) is 0 Å². The van der Waals surface area contributed by atoms with Gasteiger partial charge in [0.15, 0.2) is 5.78 Å². The van der Waals surface area contributed by atoms with Gasteiger partial charge in [-0.2, -0.15) is 0 Å². The SMILES string of the molecule is C[C@]12CCC3=C4C(=CC(=O)CC4c4ccc(N5CCCCC5)cc4)C[C@@H](/C=C\CO)[C@H]3[C@@H]1CC[C@@H]2O. The molecule has 0 spiro atoms. The third-order valence-electron chi connectivity index (χ3n) is 10.3. The van der Waals surface area contributed by atoms with Crippen LogP contribution in [-0.4, -0.2) is 41.8 Å². The highest BCUT2D eigenvalue weighted by Gasteiger charge is 2.55. The van der Waals surface area contributed by atoms with Crippen LogP contribution < -0.4 is 4.90 Å². The molecule has 1 aromatic carbocycles. The molecule has 0 amide bonds. The topological polar surface area (TPSA) is 60.8 Å². The number of nitrogens with zero attached hydrogens (tertiary/aromatic N) is 1. The summed E-state index contributed by atoms with van der Waals surface area (Å²) >= 11 is 0. The lowest BCUT2D eigenvalue weighted by Crippen LogP contribution is -2.45. The second-order valence-corrected chi connectivity index (χ2v) is 12.2. The van der Waals surface area contributed by atoms with E-state index < -0.39 is 0 Å². The van der Waals surface area contributed by atoms with Crippen molar-refractivity contribution >= 4 is 11.5 Å². The first-order chi connectivity index (χ1) is 17.5. The molecule has 2 N–H and O–H groups in total. The second kappa shape index (κ2) is 9.61. The minimum Gasteiger partial charge on any atom is -0.393 e. The number of aliphatic hydroxyl groups is 2. The van der Waals surface area contributed by atoms with Crippen LogP contribution in [0.2, 0.25) is 0 Å². The van der Waals surface area contributed by atoms with Crippen molar-refractivity contribution in [3.63, 3.8) is 0 Å². The number of allylic oxidation sites excluding steroid dienone is 5. The molecule has 0 aromatic heterocycles. The van der Waals surface area contributed by atoms with Crippen LogP contribution in [0.15, 0.2) is 59.2 Å². The van der Waals surface area contributed by atoms with Gasteiger partial charge < -0.3 is 15.1 Å². The van der Waals surface area contributed by atoms with Crippen LogP contribution in [0.5, 0.6) is 0 Å². The van der Waals surface area contributed by atoms with E-state index in [0.717, 1.165) is 45.2 Å². The van der Waals surface area contributed by atoms with Gasteiger partial charge in [0.05, 0.1) is 12.7 Å². The number of rotatable bonds is 4. The maximum absolute atomic E-state index is 13.0. The van der Waals surface area contributed by atoms with E-state index in [1.807, 2.05) is 12.2 Å². The lowest BCUT2D eigenvalue weighted by molar-refractivity contribution is -0.115. The average molecular weight is 488 g/mol. The first-order valence-electron chi connectivity index (χ1n) is 14.3. The van der Waals surface area contributed by atoms with Gasteiger partial charge in [-0.1, -0.05) is 36.8 Å². The summed E-state index contributed by atoms with van der Waals surface area (Å²) in [7, 11) is 0. The van der Waals surface area contributed by atoms with E-state index in [4.69, 9.17) is 0 Å². The van der Waals surface area contributed by atoms with Gasteiger partial charge in [0.25, 0.3) is 0 Å². The summed E-state index contributed by atoms with van der Waals surface area (Å²) in [6, 6.07) is 9.09. The third kappa shape index (κ3) is 4.01. The first kappa shape index (κ1) is 24.2. The molecule has 6 atom stereocenters. The third-order valence-corrected chi connectivity index (χ3v) is 10.3. The summed E-state index contributed by atoms with van der Waals surface area (Å²) in [6.45, 7) is 4.62. The van der Waals surface area contributed by atoms with Crippen molar-refractivity contribution in [3.8, 4) is 0 Å². The van der Waals surface area contributed by atoms with E-state index in [0.29, 0.717) is 18.3 Å². The predicted octanol–water partition coefficient (Wildman–Crippen LogP) is 5.71. The van der Waals surface area contributed by atoms with Crippen LogP contribution >= 0.6 is 0 Å². The highest BCUT2D eigenvalue weighted by Crippen LogP contribution is 2.62. The number of carbonyl (C=O) groups is 1. The van der Waals surface area contributed by atoms with Crippen molar-refractivity contribution in [2.45, 2.75) is 76.7 Å². The first-order valence-corrected chi connectivity index (χ1v) is 14.3. The Morgan fingerprint density at radius 2 is 1.86 bits per heavy atom. The molecule has 4 heteroatoms. The zero-order valence-corrected chi connectivity index (χ0v) is 21.7. The Labute approximate surface area is 215 Å². The molecule has 0 radical (unpaired) electrons. The molecule has 0 bridgehead atoms. The van der Waals surface area contributed by atoms with Crippen molar-refractivity contribution < 1.29 is 15.0 Å². The van der Waals surface area contributed by atoms with Crippen molar-refractivity contribution in [3.05, 3.63) is 64.8 Å². The summed E-state index contributed by atoms with van der Waals surface area (Å²) in [4.78, 5) is 15.5. The zero-order chi connectivity index (χ0) is 24.9. The Morgan fingerprint density at radius 1 is 1.08 bits per heavy atom. The second-order valence-electron chi connectivity index (χ2n) is 12.2. The molecule has 6 rings (SSSR count). The van der Waals surface area contributed by atoms with Crippen LogP contribution in [0.1, 0.15) is 76.2 Å². The molecule has 1 saturated heterocycles. The van der Waals surface area contributed by atoms with Crippen molar-refractivity contribution in [1.82, 2.24) is 0 Å². The van der Waals surface area contributed by atoms with Crippen molar-refractivity contribution in [2.24, 2.45) is 23.2 Å². The van der Waals surface area contributed by atoms with Gasteiger partial charge in [-0.15, -0.1) is 0 Å². The van der Waals surface area contributed by atoms with E-state index in [-0.39, 0.29) is 35.7 Å². The van der Waals surface area contributed by atoms with Gasteiger partial charge in [-0.25, -0.2) is 0 Å². The molecule has 192 valence electrons. The summed E-state index contributed by atoms with van der Waals surface area (Å²) in [6.07, 6.45) is 15.0. The summed E-state index contributed by atoms with van der Waals surface area (Å²) < 4.78 is 0. The number of carbonyl (C=O) groups excluding carboxylic acids is 1. The van der Waals surface area contributed by atoms with Gasteiger partial charge >= 0.3 is 0 Å². The molecule has 1 aliphatic heterocycles. The normalized spacial score (nSPS) is 36.5. The lowest BCUT2D eigenvalue weighted by Gasteiger charge is -2.51. The Kier molecular flexibility index (Phi) is 6.46. The molecule has 2 saturated carbocycles. The summed E-state index contributed by atoms with van der Waals surface area (Å²) in [5.74, 6) is 1.49. The molecule has 4 nitrogen and oxygen atoms in total. The van der Waals surface area contributed by atoms with Gasteiger partial charge in [0, 0.05) is 31.1 Å². The molecule has 1 aromatic rings. The standard InChI is InChI=1S/C32H41NO3/c1-32-14-13-26-30-23(18-22(6-5-17-34)31(26)28(32)11-12-29(32)36)19-25(35)20-27(30)21-7-9-24(10-8-21)33-15-3-2-4-16-33/h5-10,19,22,27-29,31,34,36H,2-4,11-18,20H2,1H3/b6-5-/t22-,27?,28+,29+,31-,32+/m1/s1. The number of hydrogen-bond acceptors (Lipinski definition) is 4. The Bertz CT molecular complexity index is 1090. The van der Waals surface area contributed by atoms with Crippen LogP contribution in [0, 0.1) is 23.2 Å². The van der Waals surface area contributed by atoms with E-state index in [9.17, 15) is 15.0 Å². The fraction of sp³-hybridized carbons (Fsp3) is 0.594. The Balaban J connectivity index is 1.40. The van der Waals surface area contributed by atoms with Gasteiger partial charge in [-0.05, 0) is 109 Å². The number of hydrogen-bond donors (Lipinski definition) is 2. The smallest absolute Gasteiger partial charge is 0.156 e. The molecule has 1 unspecified atom stereocenters. The molecular formula is C32H41NO3. The van der Waals surface area contributed by atoms with Gasteiger partial charge in [-0.3, -0.25) is 4.79 Å². The fourth-order valence-electron chi connectivity index (χ4n) is 8.49. The summed E-state index contributed by atoms with van der Waals surface area (Å²) in [5.41, 5.74) is 6.73. The molecule has 4 aliphatic carbocycles. The lowest BCUT2D eigenvalue weighted by atomic mass is 9.53. The minimum absolute atomic E-state index is 0.0304.